The second kappa shape index (κ2) is 7.77. The van der Waals surface area contributed by atoms with Crippen molar-refractivity contribution >= 4 is 16.8 Å². The molecule has 0 spiro atoms. The molecule has 1 aromatic carbocycles. The quantitative estimate of drug-likeness (QED) is 0.627. The van der Waals surface area contributed by atoms with Gasteiger partial charge in [-0.1, -0.05) is 18.2 Å². The summed E-state index contributed by atoms with van der Waals surface area (Å²) in [6, 6.07) is 11.2. The van der Waals surface area contributed by atoms with Crippen molar-refractivity contribution in [2.75, 3.05) is 13.2 Å². The number of fused-ring (bicyclic) bond motifs is 1. The molecule has 8 heteroatoms. The summed E-state index contributed by atoms with van der Waals surface area (Å²) in [5.41, 5.74) is 3.08. The number of ether oxygens (including phenoxy) is 1. The van der Waals surface area contributed by atoms with Gasteiger partial charge < -0.3 is 15.0 Å². The van der Waals surface area contributed by atoms with Crippen molar-refractivity contribution in [2.24, 2.45) is 5.92 Å². The Labute approximate surface area is 165 Å². The van der Waals surface area contributed by atoms with Crippen LogP contribution in [0.2, 0.25) is 0 Å². The number of carbonyl (C=O) groups excluding carboxylic acids is 1. The van der Waals surface area contributed by atoms with E-state index in [1.807, 2.05) is 24.4 Å². The lowest BCUT2D eigenvalue weighted by Crippen LogP contribution is -2.27. The van der Waals surface area contributed by atoms with Crippen LogP contribution in [0.25, 0.3) is 10.9 Å². The lowest BCUT2D eigenvalue weighted by molar-refractivity contribution is -0.154. The van der Waals surface area contributed by atoms with E-state index in [4.69, 9.17) is 0 Å². The van der Waals surface area contributed by atoms with E-state index in [2.05, 4.69) is 26.1 Å². The molecule has 1 saturated carbocycles. The first-order valence-corrected chi connectivity index (χ1v) is 9.39. The molecule has 0 radical (unpaired) electrons. The Morgan fingerprint density at radius 1 is 1.24 bits per heavy atom. The van der Waals surface area contributed by atoms with Gasteiger partial charge in [-0.2, -0.15) is 13.2 Å². The zero-order valence-electron chi connectivity index (χ0n) is 15.5. The number of benzene rings is 1. The van der Waals surface area contributed by atoms with Gasteiger partial charge in [0.05, 0.1) is 0 Å². The van der Waals surface area contributed by atoms with Gasteiger partial charge in [0.2, 0.25) is 11.8 Å². The van der Waals surface area contributed by atoms with Crippen LogP contribution in [-0.2, 0) is 11.2 Å². The molecule has 2 N–H and O–H groups in total. The topological polar surface area (TPSA) is 67.0 Å². The maximum absolute atomic E-state index is 12.4. The molecule has 3 aromatic rings. The molecule has 1 fully saturated rings. The summed E-state index contributed by atoms with van der Waals surface area (Å²) in [5, 5.41) is 4.10. The maximum atomic E-state index is 12.4. The molecule has 2 unspecified atom stereocenters. The summed E-state index contributed by atoms with van der Waals surface area (Å²) in [5.74, 6) is 0.170. The number of rotatable bonds is 7. The highest BCUT2D eigenvalue weighted by atomic mass is 19.4. The van der Waals surface area contributed by atoms with E-state index >= 15 is 0 Å². The highest BCUT2D eigenvalue weighted by Crippen LogP contribution is 2.49. The molecule has 0 saturated heterocycles. The normalized spacial score (nSPS) is 18.6. The molecule has 1 aliphatic carbocycles. The number of pyridine rings is 1. The highest BCUT2D eigenvalue weighted by Gasteiger charge is 2.44. The molecule has 29 heavy (non-hydrogen) atoms. The minimum absolute atomic E-state index is 0.0215. The first kappa shape index (κ1) is 19.3. The van der Waals surface area contributed by atoms with Gasteiger partial charge in [-0.25, -0.2) is 4.98 Å². The second-order valence-corrected chi connectivity index (χ2v) is 7.18. The van der Waals surface area contributed by atoms with Crippen molar-refractivity contribution < 1.29 is 22.7 Å². The Morgan fingerprint density at radius 2 is 2.10 bits per heavy atom. The Morgan fingerprint density at radius 3 is 2.86 bits per heavy atom. The number of carbonyl (C=O) groups is 1. The molecule has 0 aliphatic heterocycles. The molecule has 1 aliphatic rings. The van der Waals surface area contributed by atoms with E-state index in [9.17, 15) is 18.0 Å². The molecule has 4 rings (SSSR count). The van der Waals surface area contributed by atoms with Crippen LogP contribution in [0.3, 0.4) is 0 Å². The number of alkyl halides is 3. The van der Waals surface area contributed by atoms with Gasteiger partial charge in [0.15, 0.2) is 6.61 Å². The molecular formula is C21H20F3N3O2. The van der Waals surface area contributed by atoms with E-state index in [1.54, 1.807) is 6.07 Å². The average Bonchev–Trinajstić information content (AvgIpc) is 3.34. The Hall–Kier alpha value is -3.03. The number of hydrogen-bond donors (Lipinski definition) is 2. The van der Waals surface area contributed by atoms with E-state index in [0.717, 1.165) is 22.9 Å². The number of amides is 1. The Bertz CT molecular complexity index is 998. The first-order valence-electron chi connectivity index (χ1n) is 9.39. The summed E-state index contributed by atoms with van der Waals surface area (Å²) < 4.78 is 41.0. The van der Waals surface area contributed by atoms with Gasteiger partial charge in [-0.05, 0) is 42.0 Å². The fraction of sp³-hybridized carbons (Fsp3) is 0.333. The van der Waals surface area contributed by atoms with Crippen molar-refractivity contribution in [3.8, 4) is 5.88 Å². The van der Waals surface area contributed by atoms with E-state index in [-0.39, 0.29) is 23.6 Å². The minimum atomic E-state index is -4.39. The lowest BCUT2D eigenvalue weighted by atomic mass is 10.0. The van der Waals surface area contributed by atoms with Crippen molar-refractivity contribution in [1.29, 1.82) is 0 Å². The van der Waals surface area contributed by atoms with E-state index in [1.165, 1.54) is 17.8 Å². The number of aromatic amines is 1. The minimum Gasteiger partial charge on any atom is -0.468 e. The Kier molecular flexibility index (Phi) is 5.17. The fourth-order valence-electron chi connectivity index (χ4n) is 3.52. The third-order valence-electron chi connectivity index (χ3n) is 5.05. The van der Waals surface area contributed by atoms with E-state index in [0.29, 0.717) is 13.0 Å². The number of hydrogen-bond acceptors (Lipinski definition) is 3. The number of halogens is 3. The molecule has 152 valence electrons. The molecule has 2 aromatic heterocycles. The third kappa shape index (κ3) is 4.70. The molecule has 0 bridgehead atoms. The fourth-order valence-corrected chi connectivity index (χ4v) is 3.52. The predicted molar refractivity (Wildman–Crippen MR) is 102 cm³/mol. The van der Waals surface area contributed by atoms with Crippen molar-refractivity contribution in [2.45, 2.75) is 24.9 Å². The van der Waals surface area contributed by atoms with Gasteiger partial charge in [0.1, 0.15) is 0 Å². The van der Waals surface area contributed by atoms with Crippen molar-refractivity contribution in [3.63, 3.8) is 0 Å². The van der Waals surface area contributed by atoms with Gasteiger partial charge in [0, 0.05) is 41.8 Å². The van der Waals surface area contributed by atoms with Crippen LogP contribution in [0.4, 0.5) is 13.2 Å². The monoisotopic (exact) mass is 403 g/mol. The summed E-state index contributed by atoms with van der Waals surface area (Å²) >= 11 is 0. The van der Waals surface area contributed by atoms with Crippen LogP contribution >= 0.6 is 0 Å². The highest BCUT2D eigenvalue weighted by molar-refractivity contribution is 5.88. The average molecular weight is 403 g/mol. The SMILES string of the molecule is O=C(NCCc1ccc(OCC(F)(F)F)nc1)C1CC1c1cccc2[nH]ccc12. The second-order valence-electron chi connectivity index (χ2n) is 7.18. The molecule has 2 heterocycles. The van der Waals surface area contributed by atoms with Gasteiger partial charge in [0.25, 0.3) is 0 Å². The van der Waals surface area contributed by atoms with E-state index < -0.39 is 12.8 Å². The molecule has 5 nitrogen and oxygen atoms in total. The number of aromatic nitrogens is 2. The summed E-state index contributed by atoms with van der Waals surface area (Å²) in [7, 11) is 0. The lowest BCUT2D eigenvalue weighted by Gasteiger charge is -2.09. The van der Waals surface area contributed by atoms with Crippen LogP contribution < -0.4 is 10.1 Å². The first-order chi connectivity index (χ1) is 13.9. The summed E-state index contributed by atoms with van der Waals surface area (Å²) in [6.07, 6.45) is 0.355. The zero-order chi connectivity index (χ0) is 20.4. The third-order valence-corrected chi connectivity index (χ3v) is 5.05. The largest absolute Gasteiger partial charge is 0.468 e. The van der Waals surface area contributed by atoms with Crippen LogP contribution in [0.15, 0.2) is 48.8 Å². The van der Waals surface area contributed by atoms with Gasteiger partial charge in [-0.15, -0.1) is 0 Å². The van der Waals surface area contributed by atoms with Crippen LogP contribution in [0.5, 0.6) is 5.88 Å². The maximum Gasteiger partial charge on any atom is 0.422 e. The number of nitrogens with one attached hydrogen (secondary N) is 2. The smallest absolute Gasteiger partial charge is 0.422 e. The zero-order valence-corrected chi connectivity index (χ0v) is 15.5. The van der Waals surface area contributed by atoms with Crippen LogP contribution in [-0.4, -0.2) is 35.2 Å². The van der Waals surface area contributed by atoms with Crippen LogP contribution in [0, 0.1) is 5.92 Å². The van der Waals surface area contributed by atoms with Gasteiger partial charge >= 0.3 is 6.18 Å². The summed E-state index contributed by atoms with van der Waals surface area (Å²) in [6.45, 7) is -0.921. The van der Waals surface area contributed by atoms with Crippen LogP contribution in [0.1, 0.15) is 23.5 Å². The van der Waals surface area contributed by atoms with Gasteiger partial charge in [-0.3, -0.25) is 4.79 Å². The Balaban J connectivity index is 1.24. The van der Waals surface area contributed by atoms with Crippen molar-refractivity contribution in [1.82, 2.24) is 15.3 Å². The molecule has 1 amide bonds. The number of nitrogens with zero attached hydrogens (tertiary/aromatic N) is 1. The molecule has 2 atom stereocenters. The predicted octanol–water partition coefficient (Wildman–Crippen LogP) is 3.97. The standard InChI is InChI=1S/C21H20F3N3O2/c22-21(23,24)12-29-19-5-4-13(11-27-19)6-8-26-20(28)17-10-16(17)14-2-1-3-18-15(14)7-9-25-18/h1-5,7,9,11,16-17,25H,6,8,10,12H2,(H,26,28). The van der Waals surface area contributed by atoms with Crippen molar-refractivity contribution in [3.05, 3.63) is 59.9 Å². The molecular weight excluding hydrogens is 383 g/mol. The summed E-state index contributed by atoms with van der Waals surface area (Å²) in [4.78, 5) is 19.5. The number of H-pyrrole nitrogens is 1.